The van der Waals surface area contributed by atoms with Crippen molar-refractivity contribution in [2.75, 3.05) is 7.11 Å². The van der Waals surface area contributed by atoms with E-state index in [1.165, 1.54) is 0 Å². The first-order chi connectivity index (χ1) is 15.7. The van der Waals surface area contributed by atoms with Crippen molar-refractivity contribution in [2.24, 2.45) is 13.0 Å². The molecule has 0 radical (unpaired) electrons. The number of aromatic nitrogens is 3. The molecule has 1 N–H and O–H groups in total. The third kappa shape index (κ3) is 4.23. The minimum Gasteiger partial charge on any atom is -0.467 e. The Kier molecular flexibility index (Phi) is 5.75. The van der Waals surface area contributed by atoms with Crippen LogP contribution in [0.2, 0.25) is 0 Å². The molecule has 1 aliphatic heterocycles. The average molecular weight is 456 g/mol. The molecule has 0 bridgehead atoms. The molecule has 0 saturated carbocycles. The lowest BCUT2D eigenvalue weighted by molar-refractivity contribution is -0.180. The van der Waals surface area contributed by atoms with Crippen LogP contribution in [0, 0.1) is 5.92 Å². The molecular formula is C23H19F3N4O3. The van der Waals surface area contributed by atoms with E-state index < -0.39 is 30.0 Å². The van der Waals surface area contributed by atoms with E-state index in [2.05, 4.69) is 20.3 Å². The van der Waals surface area contributed by atoms with E-state index in [0.717, 1.165) is 24.3 Å². The van der Waals surface area contributed by atoms with Crippen molar-refractivity contribution < 1.29 is 27.5 Å². The summed E-state index contributed by atoms with van der Waals surface area (Å²) < 4.78 is 47.2. The van der Waals surface area contributed by atoms with Gasteiger partial charge in [-0.3, -0.25) is 4.79 Å². The van der Waals surface area contributed by atoms with Crippen LogP contribution in [0.4, 0.5) is 13.2 Å². The number of amides is 1. The highest BCUT2D eigenvalue weighted by Crippen LogP contribution is 2.37. The zero-order valence-corrected chi connectivity index (χ0v) is 17.6. The first-order valence-corrected chi connectivity index (χ1v) is 9.92. The Morgan fingerprint density at radius 2 is 1.79 bits per heavy atom. The number of hydrogen-bond donors (Lipinski definition) is 1. The van der Waals surface area contributed by atoms with Gasteiger partial charge in [-0.2, -0.15) is 13.2 Å². The number of ether oxygens (including phenoxy) is 1. The van der Waals surface area contributed by atoms with E-state index in [1.54, 1.807) is 42.2 Å². The van der Waals surface area contributed by atoms with E-state index in [-0.39, 0.29) is 11.1 Å². The normalized spacial score (nSPS) is 18.5. The van der Waals surface area contributed by atoms with Crippen LogP contribution >= 0.6 is 0 Å². The maximum absolute atomic E-state index is 13.7. The quantitative estimate of drug-likeness (QED) is 0.609. The van der Waals surface area contributed by atoms with E-state index in [4.69, 9.17) is 0 Å². The molecule has 0 spiro atoms. The summed E-state index contributed by atoms with van der Waals surface area (Å²) in [6.07, 6.45) is -2.41. The Morgan fingerprint density at radius 3 is 2.42 bits per heavy atom. The molecule has 7 nitrogen and oxygen atoms in total. The Hall–Kier alpha value is -3.95. The molecule has 3 aromatic rings. The van der Waals surface area contributed by atoms with Gasteiger partial charge >= 0.3 is 12.1 Å². The maximum Gasteiger partial charge on any atom is 0.397 e. The Morgan fingerprint density at radius 1 is 1.09 bits per heavy atom. The number of nitrogens with zero attached hydrogens (tertiary/aromatic N) is 3. The summed E-state index contributed by atoms with van der Waals surface area (Å²) in [6, 6.07) is 12.2. The van der Waals surface area contributed by atoms with Crippen molar-refractivity contribution in [1.29, 1.82) is 0 Å². The van der Waals surface area contributed by atoms with Gasteiger partial charge in [-0.25, -0.2) is 4.79 Å². The Bertz CT molecular complexity index is 1250. The SMILES string of the molecule is COC(=O)C1NC(=O)C(c2cccc(-c3ccccc3-c3nncn3C)c2)=CC1C(F)(F)F. The predicted octanol–water partition coefficient (Wildman–Crippen LogP) is 3.38. The van der Waals surface area contributed by atoms with Gasteiger partial charge < -0.3 is 14.6 Å². The van der Waals surface area contributed by atoms with E-state index in [0.29, 0.717) is 11.4 Å². The monoisotopic (exact) mass is 456 g/mol. The fraction of sp³-hybridized carbons (Fsp3) is 0.217. The zero-order chi connectivity index (χ0) is 23.8. The Labute approximate surface area is 186 Å². The third-order valence-electron chi connectivity index (χ3n) is 5.43. The lowest BCUT2D eigenvalue weighted by Crippen LogP contribution is -2.53. The van der Waals surface area contributed by atoms with Crippen LogP contribution < -0.4 is 5.32 Å². The van der Waals surface area contributed by atoms with Crippen molar-refractivity contribution in [1.82, 2.24) is 20.1 Å². The molecule has 2 unspecified atom stereocenters. The van der Waals surface area contributed by atoms with Gasteiger partial charge in [0.25, 0.3) is 5.91 Å². The summed E-state index contributed by atoms with van der Waals surface area (Å²) in [4.78, 5) is 24.5. The highest BCUT2D eigenvalue weighted by atomic mass is 19.4. The highest BCUT2D eigenvalue weighted by Gasteiger charge is 2.50. The number of benzene rings is 2. The van der Waals surface area contributed by atoms with E-state index >= 15 is 0 Å². The summed E-state index contributed by atoms with van der Waals surface area (Å²) >= 11 is 0. The second-order valence-corrected chi connectivity index (χ2v) is 7.51. The smallest absolute Gasteiger partial charge is 0.397 e. The molecule has 4 rings (SSSR count). The lowest BCUT2D eigenvalue weighted by Gasteiger charge is -2.30. The van der Waals surface area contributed by atoms with Crippen molar-refractivity contribution in [3.8, 4) is 22.5 Å². The maximum atomic E-state index is 13.7. The summed E-state index contributed by atoms with van der Waals surface area (Å²) in [5.41, 5.74) is 2.34. The first-order valence-electron chi connectivity index (χ1n) is 9.92. The van der Waals surface area contributed by atoms with E-state index in [1.807, 2.05) is 24.3 Å². The minimum atomic E-state index is -4.76. The van der Waals surface area contributed by atoms with Gasteiger partial charge in [0.2, 0.25) is 0 Å². The van der Waals surface area contributed by atoms with Gasteiger partial charge in [0.1, 0.15) is 18.3 Å². The van der Waals surface area contributed by atoms with Gasteiger partial charge in [-0.05, 0) is 22.8 Å². The number of esters is 1. The van der Waals surface area contributed by atoms with Gasteiger partial charge in [0, 0.05) is 18.2 Å². The number of halogens is 3. The zero-order valence-electron chi connectivity index (χ0n) is 17.6. The number of nitrogens with one attached hydrogen (secondary N) is 1. The second kappa shape index (κ2) is 8.53. The molecule has 0 saturated heterocycles. The topological polar surface area (TPSA) is 86.1 Å². The molecule has 1 aromatic heterocycles. The van der Waals surface area contributed by atoms with Crippen molar-refractivity contribution in [2.45, 2.75) is 12.2 Å². The van der Waals surface area contributed by atoms with Crippen molar-refractivity contribution in [3.63, 3.8) is 0 Å². The van der Waals surface area contributed by atoms with Gasteiger partial charge in [0.15, 0.2) is 5.82 Å². The van der Waals surface area contributed by atoms with Crippen LogP contribution in [-0.2, 0) is 21.4 Å². The first kappa shape index (κ1) is 22.3. The van der Waals surface area contributed by atoms with Crippen LogP contribution in [0.1, 0.15) is 5.56 Å². The number of alkyl halides is 3. The predicted molar refractivity (Wildman–Crippen MR) is 113 cm³/mol. The third-order valence-corrected chi connectivity index (χ3v) is 5.43. The lowest BCUT2D eigenvalue weighted by atomic mass is 9.88. The Balaban J connectivity index is 1.79. The minimum absolute atomic E-state index is 0.171. The summed E-state index contributed by atoms with van der Waals surface area (Å²) in [5, 5.41) is 10.2. The van der Waals surface area contributed by atoms with Crippen LogP contribution in [0.3, 0.4) is 0 Å². The molecule has 0 fully saturated rings. The number of carbonyl (C=O) groups excluding carboxylic acids is 2. The molecule has 0 aliphatic carbocycles. The second-order valence-electron chi connectivity index (χ2n) is 7.51. The van der Waals surface area contributed by atoms with Gasteiger partial charge in [0.05, 0.1) is 7.11 Å². The van der Waals surface area contributed by atoms with Crippen LogP contribution in [0.5, 0.6) is 0 Å². The molecule has 1 amide bonds. The standard InChI is InChI=1S/C23H19F3N4O3/c1-30-12-27-29-20(30)16-9-4-3-8-15(16)13-6-5-7-14(10-13)17-11-18(23(24,25)26)19(22(32)33-2)28-21(17)31/h3-12,18-19H,1-2H3,(H,28,31). The fourth-order valence-corrected chi connectivity index (χ4v) is 3.81. The van der Waals surface area contributed by atoms with Crippen molar-refractivity contribution >= 4 is 17.4 Å². The van der Waals surface area contributed by atoms with Crippen LogP contribution in [0.25, 0.3) is 28.1 Å². The van der Waals surface area contributed by atoms with Gasteiger partial charge in [-0.1, -0.05) is 48.5 Å². The summed E-state index contributed by atoms with van der Waals surface area (Å²) in [6.45, 7) is 0. The molecule has 2 heterocycles. The molecule has 1 aliphatic rings. The van der Waals surface area contributed by atoms with E-state index in [9.17, 15) is 22.8 Å². The number of hydrogen-bond acceptors (Lipinski definition) is 5. The van der Waals surface area contributed by atoms with Crippen LogP contribution in [0.15, 0.2) is 60.9 Å². The average Bonchev–Trinajstić information content (AvgIpc) is 3.23. The highest BCUT2D eigenvalue weighted by molar-refractivity contribution is 6.21. The molecule has 10 heteroatoms. The van der Waals surface area contributed by atoms with Gasteiger partial charge in [-0.15, -0.1) is 10.2 Å². The molecule has 2 atom stereocenters. The summed E-state index contributed by atoms with van der Waals surface area (Å²) in [7, 11) is 2.77. The number of methoxy groups -OCH3 is 1. The number of rotatable bonds is 4. The fourth-order valence-electron chi connectivity index (χ4n) is 3.81. The molecular weight excluding hydrogens is 437 g/mol. The largest absolute Gasteiger partial charge is 0.467 e. The van der Waals surface area contributed by atoms with Crippen molar-refractivity contribution in [3.05, 3.63) is 66.5 Å². The molecule has 2 aromatic carbocycles. The van der Waals surface area contributed by atoms with Crippen LogP contribution in [-0.4, -0.2) is 46.0 Å². The summed E-state index contributed by atoms with van der Waals surface area (Å²) in [5.74, 6) is -3.55. The molecule has 33 heavy (non-hydrogen) atoms. The number of carbonyl (C=O) groups is 2. The molecule has 170 valence electrons. The number of aryl methyl sites for hydroxylation is 1.